The zero-order chi connectivity index (χ0) is 22.0. The first-order valence-corrected chi connectivity index (χ1v) is 10.8. The van der Waals surface area contributed by atoms with E-state index in [0.717, 1.165) is 5.52 Å². The largest absolute Gasteiger partial charge is 0.382 e. The number of carbonyl (C=O) groups is 2. The molecule has 2 aromatic carbocycles. The second kappa shape index (κ2) is 9.35. The molecule has 1 saturated heterocycles. The quantitative estimate of drug-likeness (QED) is 0.533. The second-order valence-corrected chi connectivity index (χ2v) is 8.32. The summed E-state index contributed by atoms with van der Waals surface area (Å²) in [5.41, 5.74) is 2.67. The zero-order valence-electron chi connectivity index (χ0n) is 16.7. The maximum atomic E-state index is 12.9. The molecule has 2 heterocycles. The highest BCUT2D eigenvalue weighted by Crippen LogP contribution is 2.29. The number of aromatic nitrogens is 2. The minimum Gasteiger partial charge on any atom is -0.382 e. The summed E-state index contributed by atoms with van der Waals surface area (Å²) in [6.45, 7) is 1.23. The van der Waals surface area contributed by atoms with Gasteiger partial charge in [-0.2, -0.15) is 0 Å². The number of fused-ring (bicyclic) bond motifs is 1. The summed E-state index contributed by atoms with van der Waals surface area (Å²) in [6, 6.07) is 10.00. The third-order valence-corrected chi connectivity index (χ3v) is 5.79. The highest BCUT2D eigenvalue weighted by atomic mass is 79.9. The number of amides is 2. The molecule has 1 atom stereocenters. The van der Waals surface area contributed by atoms with Crippen LogP contribution in [0.2, 0.25) is 5.02 Å². The fraction of sp³-hybridized carbons (Fsp3) is 0.286. The molecule has 0 aliphatic carbocycles. The van der Waals surface area contributed by atoms with Gasteiger partial charge in [-0.1, -0.05) is 11.6 Å². The Labute approximate surface area is 192 Å². The lowest BCUT2D eigenvalue weighted by Crippen LogP contribution is -2.41. The molecule has 0 radical (unpaired) electrons. The number of H-pyrrole nitrogens is 1. The summed E-state index contributed by atoms with van der Waals surface area (Å²) in [6.07, 6.45) is 0. The predicted molar refractivity (Wildman–Crippen MR) is 121 cm³/mol. The number of carbonyl (C=O) groups excluding carboxylic acids is 2. The van der Waals surface area contributed by atoms with E-state index in [0.29, 0.717) is 45.2 Å². The summed E-state index contributed by atoms with van der Waals surface area (Å²) < 4.78 is 11.1. The van der Waals surface area contributed by atoms with Crippen molar-refractivity contribution >= 4 is 56.1 Å². The van der Waals surface area contributed by atoms with Crippen LogP contribution in [0.15, 0.2) is 40.9 Å². The zero-order valence-corrected chi connectivity index (χ0v) is 19.0. The number of ether oxygens (including phenoxy) is 2. The average molecular weight is 508 g/mol. The fourth-order valence-corrected chi connectivity index (χ4v) is 4.16. The molecule has 2 N–H and O–H groups in total. The summed E-state index contributed by atoms with van der Waals surface area (Å²) in [4.78, 5) is 34.4. The van der Waals surface area contributed by atoms with Crippen molar-refractivity contribution in [2.75, 3.05) is 38.4 Å². The number of morpholine rings is 1. The van der Waals surface area contributed by atoms with Gasteiger partial charge in [0.2, 0.25) is 0 Å². The Morgan fingerprint density at radius 1 is 1.39 bits per heavy atom. The van der Waals surface area contributed by atoms with Crippen LogP contribution in [0.25, 0.3) is 11.0 Å². The number of halogens is 2. The van der Waals surface area contributed by atoms with Gasteiger partial charge in [-0.15, -0.1) is 0 Å². The normalized spacial score (nSPS) is 15.3. The lowest BCUT2D eigenvalue weighted by atomic mass is 10.1. The van der Waals surface area contributed by atoms with Crippen molar-refractivity contribution in [1.29, 1.82) is 0 Å². The molecule has 0 bridgehead atoms. The van der Waals surface area contributed by atoms with E-state index in [4.69, 9.17) is 21.1 Å². The molecule has 2 amide bonds. The van der Waals surface area contributed by atoms with E-state index in [2.05, 4.69) is 31.2 Å². The van der Waals surface area contributed by atoms with Crippen molar-refractivity contribution in [2.45, 2.75) is 6.04 Å². The molecule has 0 saturated carbocycles. The van der Waals surface area contributed by atoms with Gasteiger partial charge in [0.15, 0.2) is 0 Å². The predicted octanol–water partition coefficient (Wildman–Crippen LogP) is 3.46. The first kappa shape index (κ1) is 21.8. The van der Waals surface area contributed by atoms with Crippen LogP contribution >= 0.6 is 27.5 Å². The third-order valence-electron chi connectivity index (χ3n) is 4.92. The van der Waals surface area contributed by atoms with Gasteiger partial charge in [0.05, 0.1) is 29.9 Å². The van der Waals surface area contributed by atoms with Crippen LogP contribution in [-0.4, -0.2) is 55.3 Å². The van der Waals surface area contributed by atoms with Gasteiger partial charge in [0.25, 0.3) is 11.8 Å². The molecule has 10 heteroatoms. The molecule has 8 nitrogen and oxygen atoms in total. The number of imidazole rings is 1. The van der Waals surface area contributed by atoms with Crippen LogP contribution in [-0.2, 0) is 14.3 Å². The molecule has 31 heavy (non-hydrogen) atoms. The third kappa shape index (κ3) is 4.74. The first-order valence-electron chi connectivity index (χ1n) is 9.59. The van der Waals surface area contributed by atoms with Gasteiger partial charge in [-0.25, -0.2) is 4.98 Å². The topological polar surface area (TPSA) is 96.6 Å². The number of hydrogen-bond acceptors (Lipinski definition) is 5. The average Bonchev–Trinajstić information content (AvgIpc) is 3.17. The Balaban J connectivity index is 1.54. The molecule has 1 fully saturated rings. The summed E-state index contributed by atoms with van der Waals surface area (Å²) in [5.74, 6) is 0.164. The van der Waals surface area contributed by atoms with Gasteiger partial charge >= 0.3 is 0 Å². The summed E-state index contributed by atoms with van der Waals surface area (Å²) in [5, 5.41) is 3.53. The van der Waals surface area contributed by atoms with Gasteiger partial charge in [-0.3, -0.25) is 9.59 Å². The Kier molecular flexibility index (Phi) is 6.57. The smallest absolute Gasteiger partial charge is 0.253 e. The molecule has 4 rings (SSSR count). The number of rotatable bonds is 6. The van der Waals surface area contributed by atoms with E-state index in [1.807, 2.05) is 6.07 Å². The number of nitrogens with zero attached hydrogens (tertiary/aromatic N) is 2. The highest BCUT2D eigenvalue weighted by molar-refractivity contribution is 9.10. The van der Waals surface area contributed by atoms with Crippen LogP contribution in [0.1, 0.15) is 22.2 Å². The van der Waals surface area contributed by atoms with E-state index in [-0.39, 0.29) is 25.0 Å². The Bertz CT molecular complexity index is 1140. The van der Waals surface area contributed by atoms with E-state index >= 15 is 0 Å². The Morgan fingerprint density at radius 2 is 2.23 bits per heavy atom. The van der Waals surface area contributed by atoms with Crippen molar-refractivity contribution in [3.63, 3.8) is 0 Å². The second-order valence-electron chi connectivity index (χ2n) is 7.03. The molecule has 162 valence electrons. The standard InChI is InChI=1S/C21H20BrClN4O4/c1-30-10-17(20-24-15-4-3-13(23)9-16(15)25-20)26-21(29)12-2-5-18(14(22)8-12)27-6-7-31-11-19(27)28/h2-5,8-9,17H,6-7,10-11H2,1H3,(H,24,25)(H,26,29)/t17-/m0/s1. The van der Waals surface area contributed by atoms with Crippen LogP contribution in [0.5, 0.6) is 0 Å². The van der Waals surface area contributed by atoms with Crippen molar-refractivity contribution in [1.82, 2.24) is 15.3 Å². The molecule has 0 unspecified atom stereocenters. The Hall–Kier alpha value is -2.46. The van der Waals surface area contributed by atoms with Gasteiger partial charge in [-0.05, 0) is 52.3 Å². The maximum Gasteiger partial charge on any atom is 0.253 e. The molecule has 1 aliphatic heterocycles. The molecule has 1 aliphatic rings. The molecule has 3 aromatic rings. The van der Waals surface area contributed by atoms with E-state index in [9.17, 15) is 9.59 Å². The molecular formula is C21H20BrClN4O4. The minimum absolute atomic E-state index is 0.0517. The van der Waals surface area contributed by atoms with Crippen molar-refractivity contribution in [3.05, 3.63) is 57.3 Å². The highest BCUT2D eigenvalue weighted by Gasteiger charge is 2.24. The molecule has 1 aromatic heterocycles. The van der Waals surface area contributed by atoms with Crippen LogP contribution in [0, 0.1) is 0 Å². The fourth-order valence-electron chi connectivity index (χ4n) is 3.40. The summed E-state index contributed by atoms with van der Waals surface area (Å²) in [7, 11) is 1.56. The van der Waals surface area contributed by atoms with Crippen molar-refractivity contribution < 1.29 is 19.1 Å². The van der Waals surface area contributed by atoms with E-state index in [1.54, 1.807) is 42.3 Å². The minimum atomic E-state index is -0.483. The van der Waals surface area contributed by atoms with Crippen LogP contribution < -0.4 is 10.2 Å². The number of benzene rings is 2. The van der Waals surface area contributed by atoms with E-state index < -0.39 is 6.04 Å². The van der Waals surface area contributed by atoms with Gasteiger partial charge in [0.1, 0.15) is 18.5 Å². The number of methoxy groups -OCH3 is 1. The lowest BCUT2D eigenvalue weighted by molar-refractivity contribution is -0.125. The first-order chi connectivity index (χ1) is 15.0. The SMILES string of the molecule is COC[C@H](NC(=O)c1ccc(N2CCOCC2=O)c(Br)c1)c1nc2cc(Cl)ccc2[nH]1. The van der Waals surface area contributed by atoms with Crippen LogP contribution in [0.3, 0.4) is 0 Å². The molecule has 0 spiro atoms. The number of anilines is 1. The van der Waals surface area contributed by atoms with Gasteiger partial charge in [0, 0.05) is 28.7 Å². The van der Waals surface area contributed by atoms with Crippen molar-refractivity contribution in [3.8, 4) is 0 Å². The number of hydrogen-bond donors (Lipinski definition) is 2. The van der Waals surface area contributed by atoms with E-state index in [1.165, 1.54) is 0 Å². The maximum absolute atomic E-state index is 12.9. The Morgan fingerprint density at radius 3 is 2.97 bits per heavy atom. The van der Waals surface area contributed by atoms with Gasteiger partial charge < -0.3 is 24.7 Å². The van der Waals surface area contributed by atoms with Crippen LogP contribution in [0.4, 0.5) is 5.69 Å². The lowest BCUT2D eigenvalue weighted by Gasteiger charge is -2.28. The van der Waals surface area contributed by atoms with Crippen molar-refractivity contribution in [2.24, 2.45) is 0 Å². The monoisotopic (exact) mass is 506 g/mol. The number of aromatic amines is 1. The summed E-state index contributed by atoms with van der Waals surface area (Å²) >= 11 is 9.52. The molecular weight excluding hydrogens is 488 g/mol. The number of nitrogens with one attached hydrogen (secondary N) is 2.